The number of hydrogen-bond acceptors (Lipinski definition) is 3. The SMILES string of the molecule is c1ccc(-c2cccc3c2oc2c(-c4cccc(-c5cccc(-c6ncc7c8ccccc8c8ccccc8c7n6)c5)c4)cccc23)cc1. The molecule has 2 aromatic heterocycles. The van der Waals surface area contributed by atoms with Crippen LogP contribution in [0.15, 0.2) is 174 Å². The highest BCUT2D eigenvalue weighted by atomic mass is 16.3. The van der Waals surface area contributed by atoms with Gasteiger partial charge in [0, 0.05) is 44.4 Å². The average molecular weight is 625 g/mol. The van der Waals surface area contributed by atoms with Crippen molar-refractivity contribution in [3.05, 3.63) is 170 Å². The molecule has 0 unspecified atom stereocenters. The Kier molecular flexibility index (Phi) is 6.18. The van der Waals surface area contributed by atoms with Crippen molar-refractivity contribution in [1.29, 1.82) is 0 Å². The summed E-state index contributed by atoms with van der Waals surface area (Å²) in [6.07, 6.45) is 1.98. The van der Waals surface area contributed by atoms with Crippen LogP contribution in [0, 0.1) is 0 Å². The number of fused-ring (bicyclic) bond motifs is 9. The van der Waals surface area contributed by atoms with E-state index >= 15 is 0 Å². The summed E-state index contributed by atoms with van der Waals surface area (Å²) in [6.45, 7) is 0. The molecule has 228 valence electrons. The maximum absolute atomic E-state index is 6.72. The molecular weight excluding hydrogens is 597 g/mol. The lowest BCUT2D eigenvalue weighted by Crippen LogP contribution is -1.93. The summed E-state index contributed by atoms with van der Waals surface area (Å²) in [5.41, 5.74) is 10.4. The van der Waals surface area contributed by atoms with Gasteiger partial charge in [-0.3, -0.25) is 0 Å². The molecule has 2 heterocycles. The fourth-order valence-corrected chi connectivity index (χ4v) is 7.40. The van der Waals surface area contributed by atoms with Crippen molar-refractivity contribution in [1.82, 2.24) is 9.97 Å². The second-order valence-corrected chi connectivity index (χ2v) is 12.5. The summed E-state index contributed by atoms with van der Waals surface area (Å²) < 4.78 is 6.72. The minimum atomic E-state index is 0.715. The van der Waals surface area contributed by atoms with Crippen molar-refractivity contribution in [2.45, 2.75) is 0 Å². The van der Waals surface area contributed by atoms with Gasteiger partial charge in [-0.05, 0) is 50.5 Å². The Morgan fingerprint density at radius 3 is 1.51 bits per heavy atom. The lowest BCUT2D eigenvalue weighted by Gasteiger charge is -2.11. The molecule has 0 fully saturated rings. The van der Waals surface area contributed by atoms with Crippen LogP contribution < -0.4 is 0 Å². The first-order valence-corrected chi connectivity index (χ1v) is 16.6. The first-order chi connectivity index (χ1) is 24.3. The zero-order chi connectivity index (χ0) is 32.3. The van der Waals surface area contributed by atoms with E-state index in [1.165, 1.54) is 16.2 Å². The van der Waals surface area contributed by atoms with Crippen LogP contribution in [0.1, 0.15) is 0 Å². The molecule has 8 aromatic carbocycles. The Bertz CT molecular complexity index is 2850. The third-order valence-corrected chi connectivity index (χ3v) is 9.72. The first-order valence-electron chi connectivity index (χ1n) is 16.6. The van der Waals surface area contributed by atoms with Gasteiger partial charge < -0.3 is 4.42 Å². The Balaban J connectivity index is 1.08. The third kappa shape index (κ3) is 4.44. The summed E-state index contributed by atoms with van der Waals surface area (Å²) in [4.78, 5) is 10.1. The van der Waals surface area contributed by atoms with Crippen LogP contribution in [0.2, 0.25) is 0 Å². The second kappa shape index (κ2) is 11.0. The van der Waals surface area contributed by atoms with E-state index in [-0.39, 0.29) is 0 Å². The number of nitrogens with zero attached hydrogens (tertiary/aromatic N) is 2. The summed E-state index contributed by atoms with van der Waals surface area (Å²) in [6, 6.07) is 57.5. The summed E-state index contributed by atoms with van der Waals surface area (Å²) in [5, 5.41) is 8.04. The topological polar surface area (TPSA) is 38.9 Å². The van der Waals surface area contributed by atoms with Gasteiger partial charge in [0.15, 0.2) is 5.82 Å². The van der Waals surface area contributed by atoms with Gasteiger partial charge in [-0.15, -0.1) is 0 Å². The zero-order valence-electron chi connectivity index (χ0n) is 26.5. The Morgan fingerprint density at radius 2 is 0.816 bits per heavy atom. The molecule has 3 nitrogen and oxygen atoms in total. The standard InChI is InChI=1S/C46H28N2O/c1-2-12-29(13-3-1)34-22-10-24-40-41-25-11-23-35(45(41)49-44(34)40)32-16-8-14-30(26-32)31-15-9-17-33(27-31)46-47-28-42-38-20-5-4-18-36(38)37-19-6-7-21-39(37)43(42)48-46/h1-28H. The Labute approximate surface area is 282 Å². The van der Waals surface area contributed by atoms with Gasteiger partial charge in [-0.25, -0.2) is 9.97 Å². The van der Waals surface area contributed by atoms with Gasteiger partial charge >= 0.3 is 0 Å². The second-order valence-electron chi connectivity index (χ2n) is 12.5. The van der Waals surface area contributed by atoms with Crippen molar-refractivity contribution < 1.29 is 4.42 Å². The average Bonchev–Trinajstić information content (AvgIpc) is 3.58. The van der Waals surface area contributed by atoms with E-state index in [9.17, 15) is 0 Å². The van der Waals surface area contributed by atoms with Crippen molar-refractivity contribution in [2.75, 3.05) is 0 Å². The Morgan fingerprint density at radius 1 is 0.347 bits per heavy atom. The minimum Gasteiger partial charge on any atom is -0.455 e. The van der Waals surface area contributed by atoms with Gasteiger partial charge in [-0.2, -0.15) is 0 Å². The van der Waals surface area contributed by atoms with Crippen LogP contribution in [-0.2, 0) is 0 Å². The number of benzene rings is 8. The van der Waals surface area contributed by atoms with E-state index in [1.807, 2.05) is 12.3 Å². The van der Waals surface area contributed by atoms with Crippen LogP contribution in [0.3, 0.4) is 0 Å². The molecule has 0 bridgehead atoms. The smallest absolute Gasteiger partial charge is 0.159 e. The molecule has 0 aliphatic carbocycles. The largest absolute Gasteiger partial charge is 0.455 e. The van der Waals surface area contributed by atoms with Crippen molar-refractivity contribution >= 4 is 54.4 Å². The van der Waals surface area contributed by atoms with Gasteiger partial charge in [0.2, 0.25) is 0 Å². The molecule has 0 atom stereocenters. The van der Waals surface area contributed by atoms with E-state index < -0.39 is 0 Å². The molecule has 0 N–H and O–H groups in total. The fraction of sp³-hybridized carbons (Fsp3) is 0. The van der Waals surface area contributed by atoms with Crippen molar-refractivity contribution in [2.24, 2.45) is 0 Å². The summed E-state index contributed by atoms with van der Waals surface area (Å²) in [7, 11) is 0. The lowest BCUT2D eigenvalue weighted by atomic mass is 9.96. The number of para-hydroxylation sites is 2. The monoisotopic (exact) mass is 624 g/mol. The maximum atomic E-state index is 6.72. The van der Waals surface area contributed by atoms with Crippen LogP contribution in [-0.4, -0.2) is 9.97 Å². The van der Waals surface area contributed by atoms with Crippen LogP contribution in [0.4, 0.5) is 0 Å². The molecule has 3 heteroatoms. The van der Waals surface area contributed by atoms with E-state index in [4.69, 9.17) is 14.4 Å². The molecule has 0 saturated heterocycles. The predicted molar refractivity (Wildman–Crippen MR) is 204 cm³/mol. The van der Waals surface area contributed by atoms with Gasteiger partial charge in [-0.1, -0.05) is 152 Å². The van der Waals surface area contributed by atoms with Gasteiger partial charge in [0.05, 0.1) is 5.52 Å². The van der Waals surface area contributed by atoms with E-state index in [0.29, 0.717) is 5.82 Å². The highest BCUT2D eigenvalue weighted by Gasteiger charge is 2.16. The minimum absolute atomic E-state index is 0.715. The van der Waals surface area contributed by atoms with Gasteiger partial charge in [0.1, 0.15) is 11.2 Å². The molecule has 0 spiro atoms. The highest BCUT2D eigenvalue weighted by molar-refractivity contribution is 6.24. The molecule has 10 aromatic rings. The first kappa shape index (κ1) is 27.5. The third-order valence-electron chi connectivity index (χ3n) is 9.72. The van der Waals surface area contributed by atoms with Crippen LogP contribution >= 0.6 is 0 Å². The fourth-order valence-electron chi connectivity index (χ4n) is 7.40. The molecule has 0 saturated carbocycles. The summed E-state index contributed by atoms with van der Waals surface area (Å²) >= 11 is 0. The molecule has 0 radical (unpaired) electrons. The normalized spacial score (nSPS) is 11.7. The van der Waals surface area contributed by atoms with Crippen LogP contribution in [0.25, 0.3) is 99.2 Å². The predicted octanol–water partition coefficient (Wildman–Crippen LogP) is 12.5. The molecule has 0 aliphatic rings. The van der Waals surface area contributed by atoms with E-state index in [1.54, 1.807) is 0 Å². The molecule has 10 rings (SSSR count). The lowest BCUT2D eigenvalue weighted by molar-refractivity contribution is 0.671. The molecule has 0 amide bonds. The van der Waals surface area contributed by atoms with Gasteiger partial charge in [0.25, 0.3) is 0 Å². The highest BCUT2D eigenvalue weighted by Crippen LogP contribution is 2.41. The van der Waals surface area contributed by atoms with E-state index in [0.717, 1.165) is 77.2 Å². The molecule has 0 aliphatic heterocycles. The number of aromatic nitrogens is 2. The Hall–Kier alpha value is -6.58. The van der Waals surface area contributed by atoms with Crippen molar-refractivity contribution in [3.8, 4) is 44.8 Å². The van der Waals surface area contributed by atoms with Crippen LogP contribution in [0.5, 0.6) is 0 Å². The molecule has 49 heavy (non-hydrogen) atoms. The zero-order valence-corrected chi connectivity index (χ0v) is 26.5. The summed E-state index contributed by atoms with van der Waals surface area (Å²) in [5.74, 6) is 0.715. The van der Waals surface area contributed by atoms with Crippen molar-refractivity contribution in [3.63, 3.8) is 0 Å². The number of furan rings is 1. The molecular formula is C46H28N2O. The quantitative estimate of drug-likeness (QED) is 0.183. The maximum Gasteiger partial charge on any atom is 0.159 e. The number of hydrogen-bond donors (Lipinski definition) is 0. The van der Waals surface area contributed by atoms with E-state index in [2.05, 4.69) is 158 Å². The number of rotatable bonds is 4.